The van der Waals surface area contributed by atoms with Crippen molar-refractivity contribution in [3.05, 3.63) is 29.8 Å². The molecule has 0 radical (unpaired) electrons. The van der Waals surface area contributed by atoms with Crippen LogP contribution < -0.4 is 4.90 Å². The monoisotopic (exact) mass is 270 g/mol. The largest absolute Gasteiger partial charge is 0.395 e. The minimum Gasteiger partial charge on any atom is -0.395 e. The SMILES string of the molecule is CN(CCO)CC(=O)N1CCc2ccccc21.Cl. The summed E-state index contributed by atoms with van der Waals surface area (Å²) < 4.78 is 0. The molecule has 0 aromatic heterocycles. The number of rotatable bonds is 4. The number of carbonyl (C=O) groups excluding carboxylic acids is 1. The van der Waals surface area contributed by atoms with Crippen LogP contribution in [0.4, 0.5) is 5.69 Å². The van der Waals surface area contributed by atoms with Crippen LogP contribution in [0.3, 0.4) is 0 Å². The lowest BCUT2D eigenvalue weighted by molar-refractivity contribution is -0.119. The summed E-state index contributed by atoms with van der Waals surface area (Å²) in [5.74, 6) is 0.103. The molecular weight excluding hydrogens is 252 g/mol. The number of benzene rings is 1. The molecule has 0 aliphatic carbocycles. The number of hydrogen-bond donors (Lipinski definition) is 1. The molecule has 0 bridgehead atoms. The second-order valence-electron chi connectivity index (χ2n) is 4.39. The van der Waals surface area contributed by atoms with E-state index in [0.29, 0.717) is 13.1 Å². The summed E-state index contributed by atoms with van der Waals surface area (Å²) >= 11 is 0. The van der Waals surface area contributed by atoms with Gasteiger partial charge >= 0.3 is 0 Å². The van der Waals surface area contributed by atoms with Gasteiger partial charge in [0.2, 0.25) is 5.91 Å². The van der Waals surface area contributed by atoms with Crippen molar-refractivity contribution in [2.24, 2.45) is 0 Å². The Labute approximate surface area is 114 Å². The third-order valence-corrected chi connectivity index (χ3v) is 3.08. The summed E-state index contributed by atoms with van der Waals surface area (Å²) in [4.78, 5) is 15.8. The lowest BCUT2D eigenvalue weighted by Crippen LogP contribution is -2.39. The van der Waals surface area contributed by atoms with Gasteiger partial charge in [-0.15, -0.1) is 12.4 Å². The summed E-state index contributed by atoms with van der Waals surface area (Å²) in [5.41, 5.74) is 2.28. The molecule has 1 heterocycles. The Morgan fingerprint density at radius 1 is 1.44 bits per heavy atom. The highest BCUT2D eigenvalue weighted by Gasteiger charge is 2.24. The number of nitrogens with zero attached hydrogens (tertiary/aromatic N) is 2. The lowest BCUT2D eigenvalue weighted by atomic mass is 10.2. The van der Waals surface area contributed by atoms with Crippen LogP contribution in [0, 0.1) is 0 Å². The van der Waals surface area contributed by atoms with Gasteiger partial charge in [0.25, 0.3) is 0 Å². The van der Waals surface area contributed by atoms with Crippen LogP contribution in [-0.2, 0) is 11.2 Å². The molecule has 1 amide bonds. The maximum atomic E-state index is 12.1. The molecule has 1 aromatic carbocycles. The first kappa shape index (κ1) is 15.0. The van der Waals surface area contributed by atoms with E-state index >= 15 is 0 Å². The normalized spacial score (nSPS) is 13.4. The molecule has 2 rings (SSSR count). The van der Waals surface area contributed by atoms with Crippen molar-refractivity contribution in [2.45, 2.75) is 6.42 Å². The van der Waals surface area contributed by atoms with E-state index in [1.165, 1.54) is 5.56 Å². The van der Waals surface area contributed by atoms with Gasteiger partial charge < -0.3 is 10.0 Å². The summed E-state index contributed by atoms with van der Waals surface area (Å²) in [6.45, 7) is 1.74. The fourth-order valence-electron chi connectivity index (χ4n) is 2.16. The number of carbonyl (C=O) groups is 1. The first-order valence-corrected chi connectivity index (χ1v) is 5.90. The maximum Gasteiger partial charge on any atom is 0.241 e. The van der Waals surface area contributed by atoms with E-state index in [0.717, 1.165) is 18.7 Å². The van der Waals surface area contributed by atoms with Crippen LogP contribution in [0.25, 0.3) is 0 Å². The Morgan fingerprint density at radius 3 is 2.89 bits per heavy atom. The standard InChI is InChI=1S/C13H18N2O2.ClH/c1-14(8-9-16)10-13(17)15-7-6-11-4-2-3-5-12(11)15;/h2-5,16H,6-10H2,1H3;1H. The number of aliphatic hydroxyl groups excluding tert-OH is 1. The second-order valence-corrected chi connectivity index (χ2v) is 4.39. The second kappa shape index (κ2) is 6.73. The molecule has 4 nitrogen and oxygen atoms in total. The van der Waals surface area contributed by atoms with Gasteiger partial charge in [0.1, 0.15) is 0 Å². The zero-order chi connectivity index (χ0) is 12.3. The molecule has 0 unspecified atom stereocenters. The number of para-hydroxylation sites is 1. The van der Waals surface area contributed by atoms with Crippen LogP contribution in [0.15, 0.2) is 24.3 Å². The number of amides is 1. The van der Waals surface area contributed by atoms with Crippen molar-refractivity contribution in [1.29, 1.82) is 0 Å². The molecule has 5 heteroatoms. The Hall–Kier alpha value is -1.10. The van der Waals surface area contributed by atoms with Crippen LogP contribution in [0.5, 0.6) is 0 Å². The minimum absolute atomic E-state index is 0. The Bertz CT molecular complexity index is 412. The summed E-state index contributed by atoms with van der Waals surface area (Å²) in [6.07, 6.45) is 0.936. The molecule has 0 atom stereocenters. The van der Waals surface area contributed by atoms with Gasteiger partial charge in [0.15, 0.2) is 0 Å². The van der Waals surface area contributed by atoms with Gasteiger partial charge in [0, 0.05) is 18.8 Å². The predicted molar refractivity (Wildman–Crippen MR) is 74.3 cm³/mol. The molecule has 1 aliphatic heterocycles. The highest BCUT2D eigenvalue weighted by atomic mass is 35.5. The average Bonchev–Trinajstić information content (AvgIpc) is 2.72. The number of likely N-dealkylation sites (N-methyl/N-ethyl adjacent to an activating group) is 1. The number of aliphatic hydroxyl groups is 1. The van der Waals surface area contributed by atoms with Gasteiger partial charge in [0.05, 0.1) is 13.2 Å². The van der Waals surface area contributed by atoms with E-state index in [1.807, 2.05) is 35.0 Å². The quantitative estimate of drug-likeness (QED) is 0.885. The van der Waals surface area contributed by atoms with Crippen LogP contribution >= 0.6 is 12.4 Å². The number of fused-ring (bicyclic) bond motifs is 1. The summed E-state index contributed by atoms with van der Waals surface area (Å²) in [7, 11) is 1.84. The molecule has 1 aliphatic rings. The Morgan fingerprint density at radius 2 is 2.17 bits per heavy atom. The first-order valence-electron chi connectivity index (χ1n) is 5.90. The minimum atomic E-state index is 0. The van der Waals surface area contributed by atoms with E-state index in [-0.39, 0.29) is 24.9 Å². The van der Waals surface area contributed by atoms with Gasteiger partial charge in [-0.3, -0.25) is 9.69 Å². The zero-order valence-corrected chi connectivity index (χ0v) is 11.3. The van der Waals surface area contributed by atoms with Crippen LogP contribution in [-0.4, -0.2) is 49.2 Å². The number of anilines is 1. The Kier molecular flexibility index (Phi) is 5.59. The van der Waals surface area contributed by atoms with E-state index in [1.54, 1.807) is 0 Å². The smallest absolute Gasteiger partial charge is 0.241 e. The maximum absolute atomic E-state index is 12.1. The first-order chi connectivity index (χ1) is 8.22. The number of hydrogen-bond acceptors (Lipinski definition) is 3. The van der Waals surface area contributed by atoms with Crippen LogP contribution in [0.1, 0.15) is 5.56 Å². The van der Waals surface area contributed by atoms with E-state index in [2.05, 4.69) is 6.07 Å². The van der Waals surface area contributed by atoms with Crippen molar-refractivity contribution in [2.75, 3.05) is 38.2 Å². The van der Waals surface area contributed by atoms with E-state index in [4.69, 9.17) is 5.11 Å². The molecule has 1 aromatic rings. The van der Waals surface area contributed by atoms with E-state index in [9.17, 15) is 4.79 Å². The van der Waals surface area contributed by atoms with Crippen LogP contribution in [0.2, 0.25) is 0 Å². The molecule has 18 heavy (non-hydrogen) atoms. The Balaban J connectivity index is 0.00000162. The molecule has 1 N–H and O–H groups in total. The van der Waals surface area contributed by atoms with Crippen molar-refractivity contribution < 1.29 is 9.90 Å². The van der Waals surface area contributed by atoms with Crippen molar-refractivity contribution >= 4 is 24.0 Å². The fourth-order valence-corrected chi connectivity index (χ4v) is 2.16. The third kappa shape index (κ3) is 3.22. The molecular formula is C13H19ClN2O2. The van der Waals surface area contributed by atoms with Gasteiger partial charge in [-0.25, -0.2) is 0 Å². The highest BCUT2D eigenvalue weighted by Crippen LogP contribution is 2.27. The average molecular weight is 271 g/mol. The lowest BCUT2D eigenvalue weighted by Gasteiger charge is -2.21. The molecule has 0 saturated heterocycles. The third-order valence-electron chi connectivity index (χ3n) is 3.08. The van der Waals surface area contributed by atoms with Crippen molar-refractivity contribution in [1.82, 2.24) is 4.90 Å². The molecule has 0 saturated carbocycles. The predicted octanol–water partition coefficient (Wildman–Crippen LogP) is 0.922. The molecule has 0 spiro atoms. The van der Waals surface area contributed by atoms with Crippen molar-refractivity contribution in [3.63, 3.8) is 0 Å². The highest BCUT2D eigenvalue weighted by molar-refractivity contribution is 5.96. The zero-order valence-electron chi connectivity index (χ0n) is 10.5. The topological polar surface area (TPSA) is 43.8 Å². The molecule has 0 fully saturated rings. The fraction of sp³-hybridized carbons (Fsp3) is 0.462. The van der Waals surface area contributed by atoms with Gasteiger partial charge in [-0.2, -0.15) is 0 Å². The van der Waals surface area contributed by atoms with E-state index < -0.39 is 0 Å². The summed E-state index contributed by atoms with van der Waals surface area (Å²) in [6, 6.07) is 8.03. The molecule has 100 valence electrons. The number of halogens is 1. The van der Waals surface area contributed by atoms with Crippen molar-refractivity contribution in [3.8, 4) is 0 Å². The summed E-state index contributed by atoms with van der Waals surface area (Å²) in [5, 5.41) is 8.81. The van der Waals surface area contributed by atoms with Gasteiger partial charge in [-0.1, -0.05) is 18.2 Å². The van der Waals surface area contributed by atoms with Gasteiger partial charge in [-0.05, 0) is 25.1 Å².